The number of para-hydroxylation sites is 1. The fourth-order valence-electron chi connectivity index (χ4n) is 4.08. The van der Waals surface area contributed by atoms with E-state index < -0.39 is 0 Å². The van der Waals surface area contributed by atoms with Gasteiger partial charge < -0.3 is 4.74 Å². The Bertz CT molecular complexity index is 1220. The number of ether oxygens (including phenoxy) is 1. The topological polar surface area (TPSA) is 26.3 Å². The van der Waals surface area contributed by atoms with Crippen LogP contribution in [0.2, 0.25) is 0 Å². The zero-order valence-electron chi connectivity index (χ0n) is 15.7. The van der Waals surface area contributed by atoms with E-state index in [0.717, 1.165) is 50.9 Å². The first kappa shape index (κ1) is 16.8. The fourth-order valence-corrected chi connectivity index (χ4v) is 4.08. The van der Waals surface area contributed by atoms with E-state index in [0.29, 0.717) is 6.42 Å². The van der Waals surface area contributed by atoms with Crippen molar-refractivity contribution in [2.45, 2.75) is 19.8 Å². The summed E-state index contributed by atoms with van der Waals surface area (Å²) in [5, 5.41) is 2.29. The van der Waals surface area contributed by atoms with Crippen LogP contribution in [0.3, 0.4) is 0 Å². The third-order valence-corrected chi connectivity index (χ3v) is 5.49. The summed E-state index contributed by atoms with van der Waals surface area (Å²) in [6, 6.07) is 26.7. The van der Waals surface area contributed by atoms with E-state index >= 15 is 0 Å². The van der Waals surface area contributed by atoms with Gasteiger partial charge in [-0.05, 0) is 33.5 Å². The summed E-state index contributed by atoms with van der Waals surface area (Å²) in [5.74, 6) is 1.82. The van der Waals surface area contributed by atoms with Crippen molar-refractivity contribution in [3.63, 3.8) is 0 Å². The molecule has 0 aliphatic carbocycles. The maximum absolute atomic E-state index is 12.8. The summed E-state index contributed by atoms with van der Waals surface area (Å²) >= 11 is 0. The van der Waals surface area contributed by atoms with Gasteiger partial charge in [0, 0.05) is 24.0 Å². The summed E-state index contributed by atoms with van der Waals surface area (Å²) in [6.45, 7) is 1.91. The summed E-state index contributed by atoms with van der Waals surface area (Å²) in [4.78, 5) is 12.8. The minimum absolute atomic E-state index is 0.133. The van der Waals surface area contributed by atoms with Crippen LogP contribution in [0.25, 0.3) is 21.9 Å². The van der Waals surface area contributed by atoms with Gasteiger partial charge in [-0.3, -0.25) is 4.79 Å². The molecule has 0 atom stereocenters. The molecule has 136 valence electrons. The lowest BCUT2D eigenvalue weighted by Gasteiger charge is -2.25. The predicted octanol–water partition coefficient (Wildman–Crippen LogP) is 6.80. The molecule has 4 aromatic rings. The van der Waals surface area contributed by atoms with E-state index in [2.05, 4.69) is 30.3 Å². The van der Waals surface area contributed by atoms with Crippen molar-refractivity contribution in [1.82, 2.24) is 0 Å². The Morgan fingerprint density at radius 1 is 0.857 bits per heavy atom. The van der Waals surface area contributed by atoms with Crippen LogP contribution in [0.5, 0.6) is 11.5 Å². The van der Waals surface area contributed by atoms with Crippen LogP contribution in [0.1, 0.15) is 34.8 Å². The first-order chi connectivity index (χ1) is 13.8. The summed E-state index contributed by atoms with van der Waals surface area (Å²) in [7, 11) is 0. The number of ketones is 1. The normalized spacial score (nSPS) is 12.2. The molecule has 0 spiro atoms. The monoisotopic (exact) mass is 364 g/mol. The van der Waals surface area contributed by atoms with Gasteiger partial charge in [0.05, 0.1) is 0 Å². The molecule has 4 aromatic carbocycles. The summed E-state index contributed by atoms with van der Waals surface area (Å²) in [6.07, 6.45) is 1.27. The molecule has 0 radical (unpaired) electrons. The van der Waals surface area contributed by atoms with Crippen LogP contribution in [-0.4, -0.2) is 5.78 Å². The van der Waals surface area contributed by atoms with Gasteiger partial charge in [0.15, 0.2) is 5.78 Å². The van der Waals surface area contributed by atoms with Crippen molar-refractivity contribution in [2.75, 3.05) is 0 Å². The Labute approximate surface area is 164 Å². The van der Waals surface area contributed by atoms with E-state index in [1.165, 1.54) is 5.56 Å². The summed E-state index contributed by atoms with van der Waals surface area (Å²) < 4.78 is 6.40. The number of Topliss-reactive ketones (excluding diaryl/α,β-unsaturated/α-hetero) is 1. The second kappa shape index (κ2) is 6.65. The Hall–Kier alpha value is -3.39. The number of benzene rings is 4. The van der Waals surface area contributed by atoms with Crippen LogP contribution in [0.15, 0.2) is 78.9 Å². The molecule has 0 saturated heterocycles. The van der Waals surface area contributed by atoms with E-state index in [9.17, 15) is 4.79 Å². The number of fused-ring (bicyclic) bond motifs is 3. The van der Waals surface area contributed by atoms with Crippen LogP contribution in [0.4, 0.5) is 0 Å². The molecule has 0 N–H and O–H groups in total. The van der Waals surface area contributed by atoms with Gasteiger partial charge >= 0.3 is 0 Å². The van der Waals surface area contributed by atoms with Crippen LogP contribution < -0.4 is 4.74 Å². The van der Waals surface area contributed by atoms with Gasteiger partial charge in [0.25, 0.3) is 0 Å². The van der Waals surface area contributed by atoms with Gasteiger partial charge in [-0.15, -0.1) is 0 Å². The molecule has 1 aliphatic rings. The quantitative estimate of drug-likeness (QED) is 0.329. The van der Waals surface area contributed by atoms with Gasteiger partial charge in [0.1, 0.15) is 11.5 Å². The van der Waals surface area contributed by atoms with Gasteiger partial charge in [-0.1, -0.05) is 79.7 Å². The SMILES string of the molecule is CCC(=O)c1ccc2c(c1-c1cccc3ccccc13)Oc1ccccc1C2. The summed E-state index contributed by atoms with van der Waals surface area (Å²) in [5.41, 5.74) is 4.99. The van der Waals surface area contributed by atoms with Crippen LogP contribution in [-0.2, 0) is 6.42 Å². The fraction of sp³-hybridized carbons (Fsp3) is 0.115. The molecule has 0 amide bonds. The molecular weight excluding hydrogens is 344 g/mol. The lowest BCUT2D eigenvalue weighted by Crippen LogP contribution is -2.08. The molecule has 0 bridgehead atoms. The van der Waals surface area contributed by atoms with E-state index in [4.69, 9.17) is 4.74 Å². The number of carbonyl (C=O) groups is 1. The largest absolute Gasteiger partial charge is 0.456 e. The van der Waals surface area contributed by atoms with Crippen molar-refractivity contribution < 1.29 is 9.53 Å². The van der Waals surface area contributed by atoms with Crippen LogP contribution >= 0.6 is 0 Å². The minimum Gasteiger partial charge on any atom is -0.456 e. The Balaban J connectivity index is 1.82. The average molecular weight is 364 g/mol. The highest BCUT2D eigenvalue weighted by molar-refractivity contribution is 6.08. The molecule has 2 nitrogen and oxygen atoms in total. The Morgan fingerprint density at radius 3 is 2.54 bits per heavy atom. The third-order valence-electron chi connectivity index (χ3n) is 5.49. The minimum atomic E-state index is 0.133. The molecular formula is C26H20O2. The molecule has 0 unspecified atom stereocenters. The van der Waals surface area contributed by atoms with Gasteiger partial charge in [0.2, 0.25) is 0 Å². The van der Waals surface area contributed by atoms with Crippen molar-refractivity contribution in [3.8, 4) is 22.6 Å². The lowest BCUT2D eigenvalue weighted by atomic mass is 9.87. The maximum Gasteiger partial charge on any atom is 0.163 e. The van der Waals surface area contributed by atoms with E-state index in [1.54, 1.807) is 0 Å². The van der Waals surface area contributed by atoms with E-state index in [-0.39, 0.29) is 5.78 Å². The predicted molar refractivity (Wildman–Crippen MR) is 113 cm³/mol. The molecule has 0 saturated carbocycles. The molecule has 2 heteroatoms. The molecule has 0 fully saturated rings. The average Bonchev–Trinajstić information content (AvgIpc) is 2.76. The third kappa shape index (κ3) is 2.61. The smallest absolute Gasteiger partial charge is 0.163 e. The van der Waals surface area contributed by atoms with Crippen molar-refractivity contribution in [3.05, 3.63) is 95.6 Å². The van der Waals surface area contributed by atoms with Crippen molar-refractivity contribution in [2.24, 2.45) is 0 Å². The second-order valence-corrected chi connectivity index (χ2v) is 7.17. The molecule has 5 rings (SSSR count). The molecule has 1 heterocycles. The number of rotatable bonds is 3. The zero-order valence-corrected chi connectivity index (χ0v) is 15.7. The highest BCUT2D eigenvalue weighted by atomic mass is 16.5. The first-order valence-corrected chi connectivity index (χ1v) is 9.69. The van der Waals surface area contributed by atoms with Crippen LogP contribution in [0, 0.1) is 0 Å². The maximum atomic E-state index is 12.8. The molecule has 0 aromatic heterocycles. The highest BCUT2D eigenvalue weighted by Crippen LogP contribution is 2.46. The molecule has 28 heavy (non-hydrogen) atoms. The highest BCUT2D eigenvalue weighted by Gasteiger charge is 2.25. The Kier molecular flexibility index (Phi) is 3.98. The lowest BCUT2D eigenvalue weighted by molar-refractivity contribution is 0.0988. The number of hydrogen-bond donors (Lipinski definition) is 0. The zero-order chi connectivity index (χ0) is 19.1. The standard InChI is InChI=1S/C26H20O2/c1-2-23(27)22-15-14-19-16-18-9-4-6-13-24(18)28-26(19)25(22)21-12-7-10-17-8-3-5-11-20(17)21/h3-15H,2,16H2,1H3. The van der Waals surface area contributed by atoms with Gasteiger partial charge in [-0.25, -0.2) is 0 Å². The van der Waals surface area contributed by atoms with E-state index in [1.807, 2.05) is 55.5 Å². The number of carbonyl (C=O) groups excluding carboxylic acids is 1. The van der Waals surface area contributed by atoms with Crippen molar-refractivity contribution in [1.29, 1.82) is 0 Å². The molecule has 1 aliphatic heterocycles. The number of hydrogen-bond acceptors (Lipinski definition) is 2. The van der Waals surface area contributed by atoms with Gasteiger partial charge in [-0.2, -0.15) is 0 Å². The van der Waals surface area contributed by atoms with Crippen molar-refractivity contribution >= 4 is 16.6 Å². The first-order valence-electron chi connectivity index (χ1n) is 9.69. The Morgan fingerprint density at radius 2 is 1.64 bits per heavy atom. The second-order valence-electron chi connectivity index (χ2n) is 7.17.